The molecule has 0 spiro atoms. The molecule has 0 N–H and O–H groups in total. The van der Waals surface area contributed by atoms with Crippen molar-refractivity contribution in [1.82, 2.24) is 24.3 Å². The highest BCUT2D eigenvalue weighted by molar-refractivity contribution is 6.22. The molecule has 0 aliphatic carbocycles. The standard InChI is InChI=1S/C24H24N6O3/c1-16(30-23(32)18-7-3-4-8-19(18)24(30)33)22(31)29-13-11-28(12-14-29)21-15-20(25-17(2)26-21)27-9-5-6-10-27/h3-10,15-16H,11-14H2,1-2H3. The fraction of sp³-hybridized carbons (Fsp3) is 0.292. The van der Waals surface area contributed by atoms with Gasteiger partial charge < -0.3 is 14.4 Å². The summed E-state index contributed by atoms with van der Waals surface area (Å²) in [5.41, 5.74) is 0.703. The zero-order valence-corrected chi connectivity index (χ0v) is 18.5. The van der Waals surface area contributed by atoms with Gasteiger partial charge in [0.25, 0.3) is 11.8 Å². The van der Waals surface area contributed by atoms with Gasteiger partial charge in [0, 0.05) is 44.6 Å². The van der Waals surface area contributed by atoms with Gasteiger partial charge in [0.2, 0.25) is 5.91 Å². The molecule has 9 heteroatoms. The summed E-state index contributed by atoms with van der Waals surface area (Å²) in [4.78, 5) is 52.7. The molecule has 1 atom stereocenters. The second-order valence-electron chi connectivity index (χ2n) is 8.24. The molecule has 1 fully saturated rings. The van der Waals surface area contributed by atoms with Gasteiger partial charge in [-0.3, -0.25) is 19.3 Å². The first-order valence-corrected chi connectivity index (χ1v) is 10.9. The predicted octanol–water partition coefficient (Wildman–Crippen LogP) is 1.91. The number of rotatable bonds is 4. The molecule has 9 nitrogen and oxygen atoms in total. The van der Waals surface area contributed by atoms with E-state index in [0.717, 1.165) is 16.5 Å². The van der Waals surface area contributed by atoms with E-state index < -0.39 is 17.9 Å². The van der Waals surface area contributed by atoms with E-state index >= 15 is 0 Å². The van der Waals surface area contributed by atoms with Gasteiger partial charge in [-0.2, -0.15) is 0 Å². The lowest BCUT2D eigenvalue weighted by molar-refractivity contribution is -0.135. The lowest BCUT2D eigenvalue weighted by Gasteiger charge is -2.37. The fourth-order valence-electron chi connectivity index (χ4n) is 4.41. The zero-order chi connectivity index (χ0) is 23.1. The van der Waals surface area contributed by atoms with Crippen LogP contribution in [0, 0.1) is 6.92 Å². The van der Waals surface area contributed by atoms with Crippen molar-refractivity contribution >= 4 is 23.5 Å². The third-order valence-electron chi connectivity index (χ3n) is 6.17. The maximum absolute atomic E-state index is 13.2. The van der Waals surface area contributed by atoms with Crippen LogP contribution in [-0.4, -0.2) is 74.3 Å². The van der Waals surface area contributed by atoms with E-state index in [9.17, 15) is 14.4 Å². The number of carbonyl (C=O) groups is 3. The highest BCUT2D eigenvalue weighted by Crippen LogP contribution is 2.25. The van der Waals surface area contributed by atoms with Gasteiger partial charge in [-0.1, -0.05) is 12.1 Å². The average molecular weight is 444 g/mol. The molecule has 2 aromatic heterocycles. The van der Waals surface area contributed by atoms with Gasteiger partial charge in [0.15, 0.2) is 0 Å². The molecular formula is C24H24N6O3. The average Bonchev–Trinajstić information content (AvgIpc) is 3.46. The number of carbonyl (C=O) groups excluding carboxylic acids is 3. The van der Waals surface area contributed by atoms with Crippen LogP contribution in [0.15, 0.2) is 54.9 Å². The molecule has 5 rings (SSSR count). The summed E-state index contributed by atoms with van der Waals surface area (Å²) < 4.78 is 1.93. The molecule has 3 aromatic rings. The van der Waals surface area contributed by atoms with Crippen molar-refractivity contribution in [3.05, 3.63) is 71.8 Å². The van der Waals surface area contributed by atoms with Crippen molar-refractivity contribution in [3.8, 4) is 5.82 Å². The molecular weight excluding hydrogens is 420 g/mol. The van der Waals surface area contributed by atoms with Crippen LogP contribution in [0.4, 0.5) is 5.82 Å². The minimum Gasteiger partial charge on any atom is -0.353 e. The van der Waals surface area contributed by atoms with Gasteiger partial charge in [0.1, 0.15) is 23.5 Å². The first-order chi connectivity index (χ1) is 15.9. The number of hydrogen-bond donors (Lipinski definition) is 0. The normalized spacial score (nSPS) is 16.8. The Morgan fingerprint density at radius 1 is 0.879 bits per heavy atom. The fourth-order valence-corrected chi connectivity index (χ4v) is 4.41. The van der Waals surface area contributed by atoms with Crippen molar-refractivity contribution in [2.75, 3.05) is 31.1 Å². The van der Waals surface area contributed by atoms with Gasteiger partial charge in [-0.05, 0) is 38.1 Å². The minimum atomic E-state index is -0.856. The molecule has 2 aliphatic rings. The van der Waals surface area contributed by atoms with E-state index in [1.807, 2.05) is 42.1 Å². The summed E-state index contributed by atoms with van der Waals surface area (Å²) in [6.45, 7) is 5.64. The maximum Gasteiger partial charge on any atom is 0.262 e. The largest absolute Gasteiger partial charge is 0.353 e. The Kier molecular flexibility index (Phi) is 5.16. The lowest BCUT2D eigenvalue weighted by atomic mass is 10.1. The van der Waals surface area contributed by atoms with E-state index in [-0.39, 0.29) is 5.91 Å². The van der Waals surface area contributed by atoms with Crippen molar-refractivity contribution < 1.29 is 14.4 Å². The molecule has 1 aromatic carbocycles. The molecule has 1 saturated heterocycles. The van der Waals surface area contributed by atoms with Crippen LogP contribution in [-0.2, 0) is 4.79 Å². The van der Waals surface area contributed by atoms with Crippen molar-refractivity contribution in [2.45, 2.75) is 19.9 Å². The highest BCUT2D eigenvalue weighted by Gasteiger charge is 2.42. The lowest BCUT2D eigenvalue weighted by Crippen LogP contribution is -2.55. The first kappa shape index (κ1) is 20.9. The van der Waals surface area contributed by atoms with Gasteiger partial charge in [-0.25, -0.2) is 9.97 Å². The molecule has 33 heavy (non-hydrogen) atoms. The first-order valence-electron chi connectivity index (χ1n) is 10.9. The number of aromatic nitrogens is 3. The summed E-state index contributed by atoms with van der Waals surface area (Å²) in [6, 6.07) is 11.6. The molecule has 168 valence electrons. The molecule has 4 heterocycles. The number of piperazine rings is 1. The number of nitrogens with zero attached hydrogens (tertiary/aromatic N) is 6. The quantitative estimate of drug-likeness (QED) is 0.571. The van der Waals surface area contributed by atoms with E-state index in [4.69, 9.17) is 0 Å². The summed E-state index contributed by atoms with van der Waals surface area (Å²) >= 11 is 0. The Labute approximate surface area is 191 Å². The van der Waals surface area contributed by atoms with Crippen molar-refractivity contribution in [3.63, 3.8) is 0 Å². The van der Waals surface area contributed by atoms with E-state index in [1.54, 1.807) is 36.1 Å². The number of imide groups is 1. The van der Waals surface area contributed by atoms with Crippen molar-refractivity contribution in [2.24, 2.45) is 0 Å². The van der Waals surface area contributed by atoms with E-state index in [1.165, 1.54) is 0 Å². The Hall–Kier alpha value is -4.01. The summed E-state index contributed by atoms with van der Waals surface area (Å²) in [7, 11) is 0. The molecule has 1 unspecified atom stereocenters. The molecule has 0 saturated carbocycles. The number of benzene rings is 1. The number of aryl methyl sites for hydroxylation is 1. The van der Waals surface area contributed by atoms with Crippen LogP contribution < -0.4 is 4.90 Å². The number of anilines is 1. The van der Waals surface area contributed by atoms with Gasteiger partial charge >= 0.3 is 0 Å². The number of hydrogen-bond acceptors (Lipinski definition) is 6. The Balaban J connectivity index is 1.27. The summed E-state index contributed by atoms with van der Waals surface area (Å²) in [5.74, 6) is 1.23. The third-order valence-corrected chi connectivity index (χ3v) is 6.17. The van der Waals surface area contributed by atoms with Crippen LogP contribution in [0.5, 0.6) is 0 Å². The maximum atomic E-state index is 13.2. The van der Waals surface area contributed by atoms with Crippen molar-refractivity contribution in [1.29, 1.82) is 0 Å². The van der Waals surface area contributed by atoms with Crippen LogP contribution in [0.3, 0.4) is 0 Å². The Morgan fingerprint density at radius 2 is 1.45 bits per heavy atom. The monoisotopic (exact) mass is 444 g/mol. The number of fused-ring (bicyclic) bond motifs is 1. The van der Waals surface area contributed by atoms with E-state index in [0.29, 0.717) is 43.1 Å². The van der Waals surface area contributed by atoms with Gasteiger partial charge in [0.05, 0.1) is 11.1 Å². The third kappa shape index (κ3) is 3.65. The SMILES string of the molecule is Cc1nc(N2CCN(C(=O)C(C)N3C(=O)c4ccccc4C3=O)CC2)cc(-n2cccc2)n1. The Morgan fingerprint density at radius 3 is 2.06 bits per heavy atom. The van der Waals surface area contributed by atoms with E-state index in [2.05, 4.69) is 14.9 Å². The second-order valence-corrected chi connectivity index (χ2v) is 8.24. The van der Waals surface area contributed by atoms with Crippen LogP contribution in [0.1, 0.15) is 33.5 Å². The minimum absolute atomic E-state index is 0.226. The molecule has 2 aliphatic heterocycles. The summed E-state index contributed by atoms with van der Waals surface area (Å²) in [5, 5.41) is 0. The number of amides is 3. The van der Waals surface area contributed by atoms with Crippen LogP contribution >= 0.6 is 0 Å². The molecule has 3 amide bonds. The summed E-state index contributed by atoms with van der Waals surface area (Å²) in [6.07, 6.45) is 3.87. The van der Waals surface area contributed by atoms with Crippen LogP contribution in [0.2, 0.25) is 0 Å². The van der Waals surface area contributed by atoms with Crippen LogP contribution in [0.25, 0.3) is 5.82 Å². The molecule has 0 radical (unpaired) electrons. The zero-order valence-electron chi connectivity index (χ0n) is 18.5. The van der Waals surface area contributed by atoms with Gasteiger partial charge in [-0.15, -0.1) is 0 Å². The molecule has 0 bridgehead atoms. The topological polar surface area (TPSA) is 91.6 Å². The smallest absolute Gasteiger partial charge is 0.262 e. The predicted molar refractivity (Wildman–Crippen MR) is 121 cm³/mol. The Bertz CT molecular complexity index is 1200. The highest BCUT2D eigenvalue weighted by atomic mass is 16.2. The second kappa shape index (κ2) is 8.16.